The molecule has 0 aromatic heterocycles. The van der Waals surface area contributed by atoms with Gasteiger partial charge in [0.2, 0.25) is 0 Å². The zero-order valence-electron chi connectivity index (χ0n) is 13.7. The molecule has 1 N–H and O–H groups in total. The Morgan fingerprint density at radius 2 is 1.57 bits per heavy atom. The minimum atomic E-state index is -0.978. The molecule has 0 heterocycles. The molecule has 122 valence electrons. The van der Waals surface area contributed by atoms with Gasteiger partial charge in [-0.2, -0.15) is 0 Å². The van der Waals surface area contributed by atoms with Crippen LogP contribution in [-0.4, -0.2) is 24.3 Å². The molecule has 0 unspecified atom stereocenters. The summed E-state index contributed by atoms with van der Waals surface area (Å²) in [4.78, 5) is 11.5. The van der Waals surface area contributed by atoms with Gasteiger partial charge in [0.15, 0.2) is 6.10 Å². The molecule has 0 aliphatic rings. The molecule has 0 saturated heterocycles. The summed E-state index contributed by atoms with van der Waals surface area (Å²) in [6.45, 7) is 4.25. The van der Waals surface area contributed by atoms with Gasteiger partial charge < -0.3 is 14.6 Å². The van der Waals surface area contributed by atoms with E-state index in [-0.39, 0.29) is 0 Å². The summed E-state index contributed by atoms with van der Waals surface area (Å²) < 4.78 is 10.7. The van der Waals surface area contributed by atoms with Crippen LogP contribution < -0.4 is 9.47 Å². The third-order valence-electron chi connectivity index (χ3n) is 3.68. The molecule has 0 saturated carbocycles. The fraction of sp³-hybridized carbons (Fsp3) is 0.316. The standard InChI is InChI=1S/C19H22O4/c1-13(2)15-6-4-14(5-7-15)12-18(19(20)21)23-17-10-8-16(22-3)9-11-17/h4-11,13,18H,12H2,1-3H3,(H,20,21)/t18-/m0/s1. The maximum Gasteiger partial charge on any atom is 0.345 e. The summed E-state index contributed by atoms with van der Waals surface area (Å²) >= 11 is 0. The first-order valence-electron chi connectivity index (χ1n) is 7.62. The van der Waals surface area contributed by atoms with Gasteiger partial charge in [0.1, 0.15) is 11.5 Å². The van der Waals surface area contributed by atoms with E-state index in [0.29, 0.717) is 23.8 Å². The van der Waals surface area contributed by atoms with Gasteiger partial charge >= 0.3 is 5.97 Å². The number of methoxy groups -OCH3 is 1. The van der Waals surface area contributed by atoms with E-state index < -0.39 is 12.1 Å². The molecule has 23 heavy (non-hydrogen) atoms. The average Bonchev–Trinajstić information content (AvgIpc) is 2.55. The van der Waals surface area contributed by atoms with Gasteiger partial charge in [0.05, 0.1) is 7.11 Å². The molecule has 0 radical (unpaired) electrons. The average molecular weight is 314 g/mol. The molecule has 4 nitrogen and oxygen atoms in total. The summed E-state index contributed by atoms with van der Waals surface area (Å²) in [5.41, 5.74) is 2.17. The second kappa shape index (κ2) is 7.68. The van der Waals surface area contributed by atoms with Crippen LogP contribution >= 0.6 is 0 Å². The number of hydrogen-bond donors (Lipinski definition) is 1. The van der Waals surface area contributed by atoms with E-state index in [1.54, 1.807) is 31.4 Å². The van der Waals surface area contributed by atoms with Crippen LogP contribution in [0, 0.1) is 0 Å². The van der Waals surface area contributed by atoms with Crippen LogP contribution in [-0.2, 0) is 11.2 Å². The Morgan fingerprint density at radius 1 is 1.00 bits per heavy atom. The lowest BCUT2D eigenvalue weighted by Gasteiger charge is -2.16. The van der Waals surface area contributed by atoms with Gasteiger partial charge in [-0.3, -0.25) is 0 Å². The summed E-state index contributed by atoms with van der Waals surface area (Å²) in [7, 11) is 1.58. The van der Waals surface area contributed by atoms with Crippen molar-refractivity contribution in [2.24, 2.45) is 0 Å². The fourth-order valence-corrected chi connectivity index (χ4v) is 2.25. The first-order chi connectivity index (χ1) is 11.0. The van der Waals surface area contributed by atoms with E-state index in [1.165, 1.54) is 5.56 Å². The van der Waals surface area contributed by atoms with Crippen LogP contribution in [0.3, 0.4) is 0 Å². The van der Waals surface area contributed by atoms with Crippen LogP contribution in [0.5, 0.6) is 11.5 Å². The Morgan fingerprint density at radius 3 is 2.04 bits per heavy atom. The highest BCUT2D eigenvalue weighted by molar-refractivity contribution is 5.73. The maximum atomic E-state index is 11.5. The van der Waals surface area contributed by atoms with Crippen molar-refractivity contribution in [3.05, 3.63) is 59.7 Å². The molecule has 2 rings (SSSR count). The van der Waals surface area contributed by atoms with Crippen molar-refractivity contribution in [1.82, 2.24) is 0 Å². The lowest BCUT2D eigenvalue weighted by molar-refractivity contribution is -0.145. The summed E-state index contributed by atoms with van der Waals surface area (Å²) in [5.74, 6) is 0.689. The minimum Gasteiger partial charge on any atom is -0.497 e. The zero-order chi connectivity index (χ0) is 16.8. The largest absolute Gasteiger partial charge is 0.497 e. The summed E-state index contributed by atoms with van der Waals surface area (Å²) in [6.07, 6.45) is -0.604. The molecule has 2 aromatic rings. The van der Waals surface area contributed by atoms with Gasteiger partial charge in [-0.15, -0.1) is 0 Å². The Bertz CT molecular complexity index is 629. The second-order valence-corrected chi connectivity index (χ2v) is 5.72. The number of carboxylic acid groups (broad SMARTS) is 1. The number of carboxylic acids is 1. The van der Waals surface area contributed by atoms with Crippen LogP contribution in [0.15, 0.2) is 48.5 Å². The number of rotatable bonds is 7. The third kappa shape index (κ3) is 4.74. The predicted octanol–water partition coefficient (Wildman–Crippen LogP) is 3.89. The molecule has 2 aromatic carbocycles. The summed E-state index contributed by atoms with van der Waals surface area (Å²) in [6, 6.07) is 14.9. The molecule has 0 aliphatic carbocycles. The van der Waals surface area contributed by atoms with Crippen molar-refractivity contribution < 1.29 is 19.4 Å². The molecule has 1 atom stereocenters. The Balaban J connectivity index is 2.07. The van der Waals surface area contributed by atoms with Crippen molar-refractivity contribution in [3.63, 3.8) is 0 Å². The van der Waals surface area contributed by atoms with E-state index >= 15 is 0 Å². The molecule has 0 amide bonds. The maximum absolute atomic E-state index is 11.5. The first-order valence-corrected chi connectivity index (χ1v) is 7.62. The Kier molecular flexibility index (Phi) is 5.63. The van der Waals surface area contributed by atoms with Gasteiger partial charge in [-0.05, 0) is 41.3 Å². The number of carbonyl (C=O) groups is 1. The van der Waals surface area contributed by atoms with E-state index in [2.05, 4.69) is 13.8 Å². The monoisotopic (exact) mass is 314 g/mol. The highest BCUT2D eigenvalue weighted by atomic mass is 16.5. The third-order valence-corrected chi connectivity index (χ3v) is 3.68. The lowest BCUT2D eigenvalue weighted by atomic mass is 10.00. The predicted molar refractivity (Wildman–Crippen MR) is 89.3 cm³/mol. The SMILES string of the molecule is COc1ccc(O[C@@H](Cc2ccc(C(C)C)cc2)C(=O)O)cc1. The van der Waals surface area contributed by atoms with Crippen molar-refractivity contribution in [3.8, 4) is 11.5 Å². The van der Waals surface area contributed by atoms with E-state index in [1.807, 2.05) is 24.3 Å². The minimum absolute atomic E-state index is 0.319. The Hall–Kier alpha value is -2.49. The second-order valence-electron chi connectivity index (χ2n) is 5.72. The van der Waals surface area contributed by atoms with Gasteiger partial charge in [-0.1, -0.05) is 38.1 Å². The smallest absolute Gasteiger partial charge is 0.345 e. The first kappa shape index (κ1) is 16.9. The Labute approximate surface area is 136 Å². The van der Waals surface area contributed by atoms with Gasteiger partial charge in [0.25, 0.3) is 0 Å². The topological polar surface area (TPSA) is 55.8 Å². The normalized spacial score (nSPS) is 12.0. The summed E-state index contributed by atoms with van der Waals surface area (Å²) in [5, 5.41) is 9.39. The van der Waals surface area contributed by atoms with Gasteiger partial charge in [-0.25, -0.2) is 4.79 Å². The number of aliphatic carboxylic acids is 1. The molecule has 4 heteroatoms. The van der Waals surface area contributed by atoms with E-state index in [0.717, 1.165) is 5.56 Å². The zero-order valence-corrected chi connectivity index (χ0v) is 13.7. The number of benzene rings is 2. The number of hydrogen-bond acceptors (Lipinski definition) is 3. The lowest BCUT2D eigenvalue weighted by Crippen LogP contribution is -2.29. The highest BCUT2D eigenvalue weighted by Crippen LogP contribution is 2.20. The van der Waals surface area contributed by atoms with Crippen molar-refractivity contribution in [2.45, 2.75) is 32.3 Å². The van der Waals surface area contributed by atoms with Crippen molar-refractivity contribution in [2.75, 3.05) is 7.11 Å². The van der Waals surface area contributed by atoms with E-state index in [9.17, 15) is 9.90 Å². The van der Waals surface area contributed by atoms with Crippen LogP contribution in [0.1, 0.15) is 30.9 Å². The van der Waals surface area contributed by atoms with Crippen molar-refractivity contribution >= 4 is 5.97 Å². The van der Waals surface area contributed by atoms with Gasteiger partial charge in [0, 0.05) is 6.42 Å². The number of ether oxygens (including phenoxy) is 2. The van der Waals surface area contributed by atoms with Crippen LogP contribution in [0.4, 0.5) is 0 Å². The van der Waals surface area contributed by atoms with Crippen molar-refractivity contribution in [1.29, 1.82) is 0 Å². The molecule has 0 fully saturated rings. The quantitative estimate of drug-likeness (QED) is 0.842. The molecule has 0 spiro atoms. The van der Waals surface area contributed by atoms with Crippen LogP contribution in [0.25, 0.3) is 0 Å². The van der Waals surface area contributed by atoms with E-state index in [4.69, 9.17) is 9.47 Å². The molecular formula is C19H22O4. The molecular weight excluding hydrogens is 292 g/mol. The highest BCUT2D eigenvalue weighted by Gasteiger charge is 2.20. The molecule has 0 aliphatic heterocycles. The molecule has 0 bridgehead atoms. The van der Waals surface area contributed by atoms with Crippen LogP contribution in [0.2, 0.25) is 0 Å². The fourth-order valence-electron chi connectivity index (χ4n) is 2.25.